The van der Waals surface area contributed by atoms with Crippen LogP contribution in [0.2, 0.25) is 0 Å². The van der Waals surface area contributed by atoms with Crippen molar-refractivity contribution in [2.75, 3.05) is 7.11 Å². The molecule has 0 aliphatic carbocycles. The van der Waals surface area contributed by atoms with Gasteiger partial charge in [-0.2, -0.15) is 0 Å². The Bertz CT molecular complexity index is 883. The van der Waals surface area contributed by atoms with Crippen LogP contribution >= 0.6 is 0 Å². The number of carbonyl (C=O) groups excluding carboxylic acids is 1. The number of nitrogens with zero attached hydrogens (tertiary/aromatic N) is 1. The maximum absolute atomic E-state index is 12.4. The molecule has 140 valence electrons. The van der Waals surface area contributed by atoms with Gasteiger partial charge in [0.2, 0.25) is 5.91 Å². The lowest BCUT2D eigenvalue weighted by Gasteiger charge is -2.14. The number of hydrogen-bond donors (Lipinski definition) is 1. The zero-order valence-electron chi connectivity index (χ0n) is 15.9. The number of aryl methyl sites for hydroxylation is 2. The third kappa shape index (κ3) is 4.76. The van der Waals surface area contributed by atoms with E-state index in [1.807, 2.05) is 62.4 Å². The molecule has 0 saturated heterocycles. The van der Waals surface area contributed by atoms with Gasteiger partial charge in [0.05, 0.1) is 13.2 Å². The number of rotatable bonds is 7. The van der Waals surface area contributed by atoms with Crippen LogP contribution in [-0.4, -0.2) is 18.2 Å². The highest BCUT2D eigenvalue weighted by atomic mass is 16.5. The maximum Gasteiger partial charge on any atom is 0.220 e. The number of nitrogens with one attached hydrogen (secondary N) is 1. The van der Waals surface area contributed by atoms with E-state index in [1.165, 1.54) is 5.56 Å². The number of benzene rings is 2. The van der Waals surface area contributed by atoms with Gasteiger partial charge in [-0.3, -0.25) is 4.79 Å². The minimum absolute atomic E-state index is 0.00521. The molecule has 0 fully saturated rings. The Morgan fingerprint density at radius 1 is 1.15 bits per heavy atom. The summed E-state index contributed by atoms with van der Waals surface area (Å²) < 4.78 is 10.3. The van der Waals surface area contributed by atoms with Gasteiger partial charge in [0.25, 0.3) is 0 Å². The lowest BCUT2D eigenvalue weighted by atomic mass is 10.0. The van der Waals surface area contributed by atoms with Crippen molar-refractivity contribution in [3.05, 3.63) is 71.5 Å². The van der Waals surface area contributed by atoms with Gasteiger partial charge in [0.1, 0.15) is 17.7 Å². The second-order valence-corrected chi connectivity index (χ2v) is 6.62. The van der Waals surface area contributed by atoms with E-state index in [4.69, 9.17) is 9.26 Å². The van der Waals surface area contributed by atoms with Crippen LogP contribution in [0.25, 0.3) is 11.3 Å². The third-order valence-corrected chi connectivity index (χ3v) is 4.58. The van der Waals surface area contributed by atoms with Crippen LogP contribution in [0.15, 0.2) is 59.3 Å². The van der Waals surface area contributed by atoms with E-state index < -0.39 is 0 Å². The fourth-order valence-corrected chi connectivity index (χ4v) is 2.92. The van der Waals surface area contributed by atoms with E-state index >= 15 is 0 Å². The molecule has 3 aromatic rings. The monoisotopic (exact) mass is 364 g/mol. The first-order valence-corrected chi connectivity index (χ1v) is 9.00. The van der Waals surface area contributed by atoms with Gasteiger partial charge in [-0.25, -0.2) is 0 Å². The molecule has 1 atom stereocenters. The Kier molecular flexibility index (Phi) is 5.91. The first-order valence-electron chi connectivity index (χ1n) is 9.00. The fraction of sp³-hybridized carbons (Fsp3) is 0.273. The van der Waals surface area contributed by atoms with Gasteiger partial charge < -0.3 is 14.6 Å². The molecular weight excluding hydrogens is 340 g/mol. The molecule has 1 amide bonds. The molecule has 5 heteroatoms. The number of hydrogen-bond acceptors (Lipinski definition) is 4. The highest BCUT2D eigenvalue weighted by Gasteiger charge is 2.14. The minimum atomic E-state index is -0.0672. The van der Waals surface area contributed by atoms with Crippen LogP contribution in [0.1, 0.15) is 36.1 Å². The van der Waals surface area contributed by atoms with Gasteiger partial charge in [0, 0.05) is 17.5 Å². The maximum atomic E-state index is 12.4. The SMILES string of the molecule is COc1ccc([C@H](C)NC(=O)CCc2conc2-c2ccc(C)cc2)cc1. The van der Waals surface area contributed by atoms with Crippen molar-refractivity contribution in [2.24, 2.45) is 0 Å². The largest absolute Gasteiger partial charge is 0.497 e. The van der Waals surface area contributed by atoms with E-state index in [9.17, 15) is 4.79 Å². The first kappa shape index (κ1) is 18.7. The third-order valence-electron chi connectivity index (χ3n) is 4.58. The average Bonchev–Trinajstić information content (AvgIpc) is 3.15. The van der Waals surface area contributed by atoms with Gasteiger partial charge in [-0.15, -0.1) is 0 Å². The highest BCUT2D eigenvalue weighted by Crippen LogP contribution is 2.24. The molecule has 0 radical (unpaired) electrons. The van der Waals surface area contributed by atoms with Crippen LogP contribution in [0.3, 0.4) is 0 Å². The fourth-order valence-electron chi connectivity index (χ4n) is 2.92. The molecule has 0 saturated carbocycles. The van der Waals surface area contributed by atoms with Gasteiger partial charge in [0.15, 0.2) is 0 Å². The van der Waals surface area contributed by atoms with Crippen LogP contribution < -0.4 is 10.1 Å². The van der Waals surface area contributed by atoms with Crippen LogP contribution in [0, 0.1) is 6.92 Å². The molecule has 1 aromatic heterocycles. The van der Waals surface area contributed by atoms with Crippen LogP contribution in [0.5, 0.6) is 5.75 Å². The Morgan fingerprint density at radius 3 is 2.52 bits per heavy atom. The lowest BCUT2D eigenvalue weighted by Crippen LogP contribution is -2.26. The van der Waals surface area contributed by atoms with E-state index in [0.717, 1.165) is 28.1 Å². The molecule has 0 spiro atoms. The second-order valence-electron chi connectivity index (χ2n) is 6.62. The van der Waals surface area contributed by atoms with Crippen molar-refractivity contribution in [1.82, 2.24) is 10.5 Å². The molecule has 5 nitrogen and oxygen atoms in total. The quantitative estimate of drug-likeness (QED) is 0.672. The van der Waals surface area contributed by atoms with E-state index in [0.29, 0.717) is 12.8 Å². The summed E-state index contributed by atoms with van der Waals surface area (Å²) in [6.07, 6.45) is 2.57. The first-order chi connectivity index (χ1) is 13.1. The smallest absolute Gasteiger partial charge is 0.220 e. The molecule has 0 unspecified atom stereocenters. The predicted octanol–water partition coefficient (Wildman–Crippen LogP) is 4.47. The molecule has 0 aliphatic rings. The highest BCUT2D eigenvalue weighted by molar-refractivity contribution is 5.77. The summed E-state index contributed by atoms with van der Waals surface area (Å²) >= 11 is 0. The van der Waals surface area contributed by atoms with Crippen molar-refractivity contribution in [3.63, 3.8) is 0 Å². The number of aromatic nitrogens is 1. The number of carbonyl (C=O) groups is 1. The topological polar surface area (TPSA) is 64.4 Å². The van der Waals surface area contributed by atoms with Gasteiger partial charge in [-0.1, -0.05) is 47.1 Å². The number of amides is 1. The zero-order valence-corrected chi connectivity index (χ0v) is 15.9. The Hall–Kier alpha value is -3.08. The molecule has 0 bridgehead atoms. The second kappa shape index (κ2) is 8.54. The molecule has 0 aliphatic heterocycles. The molecule has 1 heterocycles. The van der Waals surface area contributed by atoms with Crippen LogP contribution in [-0.2, 0) is 11.2 Å². The summed E-state index contributed by atoms with van der Waals surface area (Å²) in [5, 5.41) is 7.13. The number of methoxy groups -OCH3 is 1. The Morgan fingerprint density at radius 2 is 1.85 bits per heavy atom. The summed E-state index contributed by atoms with van der Waals surface area (Å²) in [7, 11) is 1.63. The molecule has 1 N–H and O–H groups in total. The van der Waals surface area contributed by atoms with Crippen molar-refractivity contribution in [2.45, 2.75) is 32.7 Å². The van der Waals surface area contributed by atoms with Crippen molar-refractivity contribution < 1.29 is 14.1 Å². The van der Waals surface area contributed by atoms with E-state index in [2.05, 4.69) is 10.5 Å². The van der Waals surface area contributed by atoms with E-state index in [1.54, 1.807) is 13.4 Å². The average molecular weight is 364 g/mol. The summed E-state index contributed by atoms with van der Waals surface area (Å²) in [4.78, 5) is 12.4. The Labute approximate surface area is 159 Å². The Balaban J connectivity index is 1.58. The number of ether oxygens (including phenoxy) is 1. The summed E-state index contributed by atoms with van der Waals surface area (Å²) in [5.74, 6) is 0.794. The summed E-state index contributed by atoms with van der Waals surface area (Å²) in [5.41, 5.74) is 4.96. The predicted molar refractivity (Wildman–Crippen MR) is 105 cm³/mol. The normalized spacial score (nSPS) is 11.8. The summed E-state index contributed by atoms with van der Waals surface area (Å²) in [6, 6.07) is 15.7. The minimum Gasteiger partial charge on any atom is -0.497 e. The van der Waals surface area contributed by atoms with Gasteiger partial charge in [-0.05, 0) is 38.0 Å². The lowest BCUT2D eigenvalue weighted by molar-refractivity contribution is -0.121. The van der Waals surface area contributed by atoms with Crippen LogP contribution in [0.4, 0.5) is 0 Å². The van der Waals surface area contributed by atoms with Crippen molar-refractivity contribution >= 4 is 5.91 Å². The molecule has 3 rings (SSSR count). The molecular formula is C22H24N2O3. The van der Waals surface area contributed by atoms with Crippen molar-refractivity contribution in [1.29, 1.82) is 0 Å². The van der Waals surface area contributed by atoms with E-state index in [-0.39, 0.29) is 11.9 Å². The summed E-state index contributed by atoms with van der Waals surface area (Å²) in [6.45, 7) is 4.01. The zero-order chi connectivity index (χ0) is 19.2. The standard InChI is InChI=1S/C22H24N2O3/c1-15-4-6-18(7-5-15)22-19(14-27-24-22)10-13-21(25)23-16(2)17-8-11-20(26-3)12-9-17/h4-9,11-12,14,16H,10,13H2,1-3H3,(H,23,25)/t16-/m0/s1. The molecule has 2 aromatic carbocycles. The van der Waals surface area contributed by atoms with Gasteiger partial charge >= 0.3 is 0 Å². The molecule has 27 heavy (non-hydrogen) atoms. The van der Waals surface area contributed by atoms with Crippen molar-refractivity contribution in [3.8, 4) is 17.0 Å².